The summed E-state index contributed by atoms with van der Waals surface area (Å²) >= 11 is 0. The standard InChI is InChI=1S/C19H23N/c1-2-8-16(9-3-1)19-12-5-4-10-17(19)13-14-18-11-6-7-15-20-18/h4-7,10-12,15-16H,1-3,8-9,13-14H2. The number of aromatic nitrogens is 1. The van der Waals surface area contributed by atoms with Crippen molar-refractivity contribution in [3.8, 4) is 0 Å². The predicted octanol–water partition coefficient (Wildman–Crippen LogP) is 4.91. The second-order valence-corrected chi connectivity index (χ2v) is 5.85. The summed E-state index contributed by atoms with van der Waals surface area (Å²) in [5, 5.41) is 0. The molecule has 0 spiro atoms. The maximum Gasteiger partial charge on any atom is 0.0406 e. The molecule has 1 heterocycles. The lowest BCUT2D eigenvalue weighted by Gasteiger charge is -2.24. The van der Waals surface area contributed by atoms with E-state index in [1.54, 1.807) is 5.56 Å². The van der Waals surface area contributed by atoms with Crippen molar-refractivity contribution in [3.63, 3.8) is 0 Å². The molecular weight excluding hydrogens is 242 g/mol. The molecule has 0 amide bonds. The van der Waals surface area contributed by atoms with Crippen LogP contribution in [0.25, 0.3) is 0 Å². The van der Waals surface area contributed by atoms with Crippen LogP contribution >= 0.6 is 0 Å². The Labute approximate surface area is 122 Å². The zero-order valence-electron chi connectivity index (χ0n) is 12.1. The highest BCUT2D eigenvalue weighted by molar-refractivity contribution is 5.31. The van der Waals surface area contributed by atoms with Gasteiger partial charge in [0.1, 0.15) is 0 Å². The Morgan fingerprint density at radius 2 is 1.65 bits per heavy atom. The molecule has 1 fully saturated rings. The van der Waals surface area contributed by atoms with E-state index in [1.807, 2.05) is 12.3 Å². The summed E-state index contributed by atoms with van der Waals surface area (Å²) in [6, 6.07) is 15.2. The van der Waals surface area contributed by atoms with Gasteiger partial charge in [0, 0.05) is 11.9 Å². The number of nitrogens with zero attached hydrogens (tertiary/aromatic N) is 1. The maximum absolute atomic E-state index is 4.44. The van der Waals surface area contributed by atoms with Crippen molar-refractivity contribution in [2.24, 2.45) is 0 Å². The molecule has 0 saturated heterocycles. The van der Waals surface area contributed by atoms with E-state index in [0.29, 0.717) is 0 Å². The molecule has 20 heavy (non-hydrogen) atoms. The van der Waals surface area contributed by atoms with Crippen LogP contribution in [-0.2, 0) is 12.8 Å². The highest BCUT2D eigenvalue weighted by Gasteiger charge is 2.17. The van der Waals surface area contributed by atoms with Gasteiger partial charge in [-0.2, -0.15) is 0 Å². The van der Waals surface area contributed by atoms with E-state index in [9.17, 15) is 0 Å². The van der Waals surface area contributed by atoms with Gasteiger partial charge in [0.15, 0.2) is 0 Å². The molecule has 1 heteroatoms. The summed E-state index contributed by atoms with van der Waals surface area (Å²) < 4.78 is 0. The van der Waals surface area contributed by atoms with Crippen LogP contribution in [0, 0.1) is 0 Å². The van der Waals surface area contributed by atoms with Gasteiger partial charge in [-0.15, -0.1) is 0 Å². The molecule has 0 atom stereocenters. The van der Waals surface area contributed by atoms with Crippen LogP contribution in [0.4, 0.5) is 0 Å². The lowest BCUT2D eigenvalue weighted by molar-refractivity contribution is 0.441. The van der Waals surface area contributed by atoms with Crippen molar-refractivity contribution in [1.82, 2.24) is 4.98 Å². The van der Waals surface area contributed by atoms with Crippen LogP contribution in [0.5, 0.6) is 0 Å². The lowest BCUT2D eigenvalue weighted by atomic mass is 9.81. The maximum atomic E-state index is 4.44. The molecule has 0 N–H and O–H groups in total. The number of pyridine rings is 1. The molecule has 3 rings (SSSR count). The number of aryl methyl sites for hydroxylation is 2. The summed E-state index contributed by atoms with van der Waals surface area (Å²) in [5.41, 5.74) is 4.33. The van der Waals surface area contributed by atoms with E-state index in [1.165, 1.54) is 43.4 Å². The fraction of sp³-hybridized carbons (Fsp3) is 0.421. The van der Waals surface area contributed by atoms with E-state index in [-0.39, 0.29) is 0 Å². The second kappa shape index (κ2) is 6.69. The van der Waals surface area contributed by atoms with Crippen LogP contribution < -0.4 is 0 Å². The van der Waals surface area contributed by atoms with Crippen molar-refractivity contribution in [2.45, 2.75) is 50.9 Å². The van der Waals surface area contributed by atoms with E-state index in [4.69, 9.17) is 0 Å². The monoisotopic (exact) mass is 265 g/mol. The average molecular weight is 265 g/mol. The van der Waals surface area contributed by atoms with E-state index >= 15 is 0 Å². The highest BCUT2D eigenvalue weighted by atomic mass is 14.7. The zero-order valence-corrected chi connectivity index (χ0v) is 12.1. The third-order valence-electron chi connectivity index (χ3n) is 4.48. The van der Waals surface area contributed by atoms with Gasteiger partial charge in [-0.3, -0.25) is 4.98 Å². The molecule has 1 aromatic heterocycles. The van der Waals surface area contributed by atoms with Gasteiger partial charge in [-0.1, -0.05) is 49.6 Å². The third kappa shape index (κ3) is 3.27. The molecule has 1 aliphatic rings. The molecular formula is C19H23N. The zero-order chi connectivity index (χ0) is 13.6. The van der Waals surface area contributed by atoms with Gasteiger partial charge >= 0.3 is 0 Å². The van der Waals surface area contributed by atoms with E-state index in [0.717, 1.165) is 18.8 Å². The molecule has 2 aromatic rings. The minimum atomic E-state index is 0.795. The number of rotatable bonds is 4. The Balaban J connectivity index is 1.72. The van der Waals surface area contributed by atoms with Gasteiger partial charge in [-0.05, 0) is 54.9 Å². The molecule has 1 aromatic carbocycles. The number of hydrogen-bond acceptors (Lipinski definition) is 1. The van der Waals surface area contributed by atoms with Gasteiger partial charge in [0.05, 0.1) is 0 Å². The fourth-order valence-corrected chi connectivity index (χ4v) is 3.38. The Kier molecular flexibility index (Phi) is 4.47. The SMILES string of the molecule is c1ccc(CCc2ccccc2C2CCCCC2)nc1. The van der Waals surface area contributed by atoms with Gasteiger partial charge in [0.2, 0.25) is 0 Å². The molecule has 1 aliphatic carbocycles. The molecule has 1 saturated carbocycles. The lowest BCUT2D eigenvalue weighted by Crippen LogP contribution is -2.08. The minimum Gasteiger partial charge on any atom is -0.261 e. The normalized spacial score (nSPS) is 16.2. The summed E-state index contributed by atoms with van der Waals surface area (Å²) in [6.07, 6.45) is 11.0. The molecule has 104 valence electrons. The van der Waals surface area contributed by atoms with Gasteiger partial charge in [0.25, 0.3) is 0 Å². The van der Waals surface area contributed by atoms with Crippen LogP contribution in [0.3, 0.4) is 0 Å². The molecule has 0 unspecified atom stereocenters. The first-order valence-electron chi connectivity index (χ1n) is 7.91. The van der Waals surface area contributed by atoms with Gasteiger partial charge in [-0.25, -0.2) is 0 Å². The molecule has 0 bridgehead atoms. The van der Waals surface area contributed by atoms with Crippen LogP contribution in [-0.4, -0.2) is 4.98 Å². The first-order chi connectivity index (χ1) is 9.93. The molecule has 0 radical (unpaired) electrons. The summed E-state index contributed by atoms with van der Waals surface area (Å²) in [7, 11) is 0. The Morgan fingerprint density at radius 1 is 0.850 bits per heavy atom. The summed E-state index contributed by atoms with van der Waals surface area (Å²) in [5.74, 6) is 0.795. The minimum absolute atomic E-state index is 0.795. The largest absolute Gasteiger partial charge is 0.261 e. The quantitative estimate of drug-likeness (QED) is 0.765. The van der Waals surface area contributed by atoms with Crippen LogP contribution in [0.1, 0.15) is 54.8 Å². The van der Waals surface area contributed by atoms with Crippen molar-refractivity contribution in [2.75, 3.05) is 0 Å². The number of benzene rings is 1. The molecule has 1 nitrogen and oxygen atoms in total. The topological polar surface area (TPSA) is 12.9 Å². The average Bonchev–Trinajstić information content (AvgIpc) is 2.55. The second-order valence-electron chi connectivity index (χ2n) is 5.85. The highest BCUT2D eigenvalue weighted by Crippen LogP contribution is 2.34. The first-order valence-corrected chi connectivity index (χ1v) is 7.91. The van der Waals surface area contributed by atoms with Gasteiger partial charge < -0.3 is 0 Å². The van der Waals surface area contributed by atoms with Crippen molar-refractivity contribution < 1.29 is 0 Å². The Morgan fingerprint density at radius 3 is 2.45 bits per heavy atom. The summed E-state index contributed by atoms with van der Waals surface area (Å²) in [6.45, 7) is 0. The third-order valence-corrected chi connectivity index (χ3v) is 4.48. The van der Waals surface area contributed by atoms with Crippen LogP contribution in [0.2, 0.25) is 0 Å². The van der Waals surface area contributed by atoms with Crippen molar-refractivity contribution >= 4 is 0 Å². The molecule has 0 aliphatic heterocycles. The number of hydrogen-bond donors (Lipinski definition) is 0. The first kappa shape index (κ1) is 13.4. The van der Waals surface area contributed by atoms with Crippen LogP contribution in [0.15, 0.2) is 48.7 Å². The Hall–Kier alpha value is -1.63. The summed E-state index contributed by atoms with van der Waals surface area (Å²) in [4.78, 5) is 4.44. The van der Waals surface area contributed by atoms with E-state index < -0.39 is 0 Å². The predicted molar refractivity (Wildman–Crippen MR) is 83.9 cm³/mol. The fourth-order valence-electron chi connectivity index (χ4n) is 3.38. The van der Waals surface area contributed by atoms with Crippen molar-refractivity contribution in [1.29, 1.82) is 0 Å². The Bertz CT molecular complexity index is 526. The van der Waals surface area contributed by atoms with E-state index in [2.05, 4.69) is 41.4 Å². The smallest absolute Gasteiger partial charge is 0.0406 e. The van der Waals surface area contributed by atoms with Crippen molar-refractivity contribution in [3.05, 3.63) is 65.5 Å².